The Kier molecular flexibility index (Phi) is 4.69. The Labute approximate surface area is 133 Å². The minimum absolute atomic E-state index is 0.0451. The highest BCUT2D eigenvalue weighted by Gasteiger charge is 2.44. The molecule has 2 fully saturated rings. The van der Waals surface area contributed by atoms with Gasteiger partial charge >= 0.3 is 0 Å². The molecule has 3 N–H and O–H groups in total. The lowest BCUT2D eigenvalue weighted by molar-refractivity contribution is -0.173. The van der Waals surface area contributed by atoms with Gasteiger partial charge in [-0.2, -0.15) is 0 Å². The van der Waals surface area contributed by atoms with Gasteiger partial charge in [-0.15, -0.1) is 4.73 Å². The molecule has 0 unspecified atom stereocenters. The number of nitrogens with zero attached hydrogens (tertiary/aromatic N) is 2. The fourth-order valence-corrected chi connectivity index (χ4v) is 3.20. The van der Waals surface area contributed by atoms with E-state index < -0.39 is 31.2 Å². The summed E-state index contributed by atoms with van der Waals surface area (Å²) >= 11 is 0. The number of aliphatic hydroxyl groups excluding tert-OH is 3. The molecule has 3 rings (SSSR count). The van der Waals surface area contributed by atoms with Crippen LogP contribution < -0.4 is 10.4 Å². The average Bonchev–Trinajstić information content (AvgIpc) is 3.08. The first-order chi connectivity index (χ1) is 11.0. The van der Waals surface area contributed by atoms with Crippen molar-refractivity contribution >= 4 is 0 Å². The van der Waals surface area contributed by atoms with Crippen molar-refractivity contribution in [1.29, 1.82) is 0 Å². The molecule has 2 aliphatic heterocycles. The van der Waals surface area contributed by atoms with Crippen molar-refractivity contribution in [3.05, 3.63) is 34.2 Å². The van der Waals surface area contributed by atoms with Gasteiger partial charge in [0.1, 0.15) is 18.3 Å². The summed E-state index contributed by atoms with van der Waals surface area (Å²) in [5.41, 5.74) is 0.309. The van der Waals surface area contributed by atoms with Crippen molar-refractivity contribution in [3.8, 4) is 0 Å². The van der Waals surface area contributed by atoms with E-state index in [0.717, 1.165) is 24.1 Å². The highest BCUT2D eigenvalue weighted by atomic mass is 16.8. The van der Waals surface area contributed by atoms with Crippen molar-refractivity contribution in [2.75, 3.05) is 20.2 Å². The molecule has 0 spiro atoms. The Morgan fingerprint density at radius 3 is 2.78 bits per heavy atom. The largest absolute Gasteiger partial charge is 0.394 e. The maximum absolute atomic E-state index is 12.6. The summed E-state index contributed by atoms with van der Waals surface area (Å²) < 4.78 is 6.25. The third-order valence-corrected chi connectivity index (χ3v) is 4.54. The quantitative estimate of drug-likeness (QED) is 0.617. The van der Waals surface area contributed by atoms with Crippen LogP contribution >= 0.6 is 0 Å². The third-order valence-electron chi connectivity index (χ3n) is 4.54. The Bertz CT molecular complexity index is 606. The van der Waals surface area contributed by atoms with Crippen LogP contribution in [0.3, 0.4) is 0 Å². The second-order valence-corrected chi connectivity index (χ2v) is 6.05. The molecule has 0 radical (unpaired) electrons. The van der Waals surface area contributed by atoms with E-state index in [9.17, 15) is 15.0 Å². The van der Waals surface area contributed by atoms with E-state index in [1.807, 2.05) is 7.05 Å². The van der Waals surface area contributed by atoms with Gasteiger partial charge in [-0.1, -0.05) is 6.07 Å². The second-order valence-electron chi connectivity index (χ2n) is 6.05. The Hall–Kier alpha value is -1.45. The van der Waals surface area contributed by atoms with Gasteiger partial charge in [0.15, 0.2) is 0 Å². The summed E-state index contributed by atoms with van der Waals surface area (Å²) in [6.07, 6.45) is -1.36. The molecule has 1 aromatic rings. The lowest BCUT2D eigenvalue weighted by atomic mass is 10.1. The van der Waals surface area contributed by atoms with Gasteiger partial charge in [-0.05, 0) is 32.5 Å². The van der Waals surface area contributed by atoms with Gasteiger partial charge in [0.25, 0.3) is 11.8 Å². The van der Waals surface area contributed by atoms with Crippen LogP contribution in [0.1, 0.15) is 24.4 Å². The van der Waals surface area contributed by atoms with Gasteiger partial charge < -0.3 is 24.9 Å². The van der Waals surface area contributed by atoms with E-state index in [0.29, 0.717) is 5.56 Å². The molecular formula is C15H22N2O6. The number of rotatable bonds is 4. The number of aromatic nitrogens is 1. The van der Waals surface area contributed by atoms with Crippen molar-refractivity contribution in [3.63, 3.8) is 0 Å². The van der Waals surface area contributed by atoms with Crippen LogP contribution in [0.25, 0.3) is 0 Å². The predicted molar refractivity (Wildman–Crippen MR) is 79.6 cm³/mol. The van der Waals surface area contributed by atoms with E-state index in [2.05, 4.69) is 4.90 Å². The lowest BCUT2D eigenvalue weighted by Crippen LogP contribution is -2.42. The van der Waals surface area contributed by atoms with Crippen molar-refractivity contribution in [2.45, 2.75) is 43.5 Å². The molecule has 0 amide bonds. The molecule has 8 heteroatoms. The van der Waals surface area contributed by atoms with Crippen LogP contribution in [-0.4, -0.2) is 69.8 Å². The average molecular weight is 326 g/mol. The van der Waals surface area contributed by atoms with Crippen molar-refractivity contribution in [2.24, 2.45) is 0 Å². The van der Waals surface area contributed by atoms with Crippen LogP contribution in [0.2, 0.25) is 0 Å². The number of aliphatic hydroxyl groups is 3. The predicted octanol–water partition coefficient (Wildman–Crippen LogP) is -1.52. The minimum atomic E-state index is -1.34. The maximum Gasteiger partial charge on any atom is 0.287 e. The molecule has 0 aromatic carbocycles. The Morgan fingerprint density at radius 1 is 1.39 bits per heavy atom. The van der Waals surface area contributed by atoms with Gasteiger partial charge in [0, 0.05) is 17.8 Å². The zero-order chi connectivity index (χ0) is 16.6. The molecule has 2 saturated heterocycles. The summed E-state index contributed by atoms with van der Waals surface area (Å²) in [4.78, 5) is 20.1. The van der Waals surface area contributed by atoms with E-state index >= 15 is 0 Å². The molecular weight excluding hydrogens is 304 g/mol. The number of likely N-dealkylation sites (tertiary alicyclic amines) is 1. The molecule has 2 aliphatic rings. The van der Waals surface area contributed by atoms with E-state index in [1.165, 1.54) is 6.20 Å². The lowest BCUT2D eigenvalue weighted by Gasteiger charge is -2.21. The van der Waals surface area contributed by atoms with Crippen LogP contribution in [-0.2, 0) is 4.74 Å². The van der Waals surface area contributed by atoms with Gasteiger partial charge in [0.05, 0.1) is 6.61 Å². The minimum Gasteiger partial charge on any atom is -0.394 e. The highest BCUT2D eigenvalue weighted by molar-refractivity contribution is 5.16. The van der Waals surface area contributed by atoms with E-state index in [1.54, 1.807) is 12.1 Å². The SMILES string of the molecule is CN1CCC[C@@H]1c1cccn(O[C@@H]2O[C@H](CO)[C@@H](O)[C@H]2O)c1=O. The standard InChI is InChI=1S/C15H22N2O6/c1-16-6-3-5-10(16)9-4-2-7-17(14(9)21)23-15-13(20)12(19)11(8-18)22-15/h2,4,7,10-13,15,18-20H,3,5-6,8H2,1H3/t10-,11-,12-,13-,15+/m1/s1. The van der Waals surface area contributed by atoms with E-state index in [4.69, 9.17) is 14.7 Å². The normalized spacial score (nSPS) is 34.9. The summed E-state index contributed by atoms with van der Waals surface area (Å²) in [6, 6.07) is 3.51. The summed E-state index contributed by atoms with van der Waals surface area (Å²) in [7, 11) is 1.97. The molecule has 3 heterocycles. The third kappa shape index (κ3) is 3.00. The molecule has 0 bridgehead atoms. The van der Waals surface area contributed by atoms with E-state index in [-0.39, 0.29) is 11.6 Å². The van der Waals surface area contributed by atoms with Crippen LogP contribution in [0.4, 0.5) is 0 Å². The number of hydrogen-bond acceptors (Lipinski definition) is 7. The zero-order valence-corrected chi connectivity index (χ0v) is 12.9. The molecule has 0 saturated carbocycles. The topological polar surface area (TPSA) is 104 Å². The molecule has 23 heavy (non-hydrogen) atoms. The fourth-order valence-electron chi connectivity index (χ4n) is 3.20. The smallest absolute Gasteiger partial charge is 0.287 e. The zero-order valence-electron chi connectivity index (χ0n) is 12.9. The number of hydrogen-bond donors (Lipinski definition) is 3. The molecule has 5 atom stereocenters. The Morgan fingerprint density at radius 2 is 2.17 bits per heavy atom. The first kappa shape index (κ1) is 16.4. The summed E-state index contributed by atoms with van der Waals surface area (Å²) in [6.45, 7) is 0.495. The van der Waals surface area contributed by atoms with Crippen molar-refractivity contribution in [1.82, 2.24) is 9.63 Å². The number of pyridine rings is 1. The molecule has 1 aromatic heterocycles. The summed E-state index contributed by atoms with van der Waals surface area (Å²) in [5.74, 6) is 0. The number of ether oxygens (including phenoxy) is 1. The maximum atomic E-state index is 12.6. The van der Waals surface area contributed by atoms with Crippen LogP contribution in [0.15, 0.2) is 23.1 Å². The van der Waals surface area contributed by atoms with Gasteiger partial charge in [-0.3, -0.25) is 9.69 Å². The first-order valence-electron chi connectivity index (χ1n) is 7.74. The molecule has 0 aliphatic carbocycles. The van der Waals surface area contributed by atoms with Gasteiger partial charge in [0.2, 0.25) is 0 Å². The summed E-state index contributed by atoms with van der Waals surface area (Å²) in [5, 5.41) is 28.7. The first-order valence-corrected chi connectivity index (χ1v) is 7.74. The molecule has 128 valence electrons. The van der Waals surface area contributed by atoms with Crippen molar-refractivity contribution < 1.29 is 24.9 Å². The van der Waals surface area contributed by atoms with Gasteiger partial charge in [-0.25, -0.2) is 0 Å². The fraction of sp³-hybridized carbons (Fsp3) is 0.667. The van der Waals surface area contributed by atoms with Crippen LogP contribution in [0, 0.1) is 0 Å². The Balaban J connectivity index is 1.80. The van der Waals surface area contributed by atoms with Crippen LogP contribution in [0.5, 0.6) is 0 Å². The highest BCUT2D eigenvalue weighted by Crippen LogP contribution is 2.28. The second kappa shape index (κ2) is 6.58. The monoisotopic (exact) mass is 326 g/mol. The molecule has 8 nitrogen and oxygen atoms in total.